The minimum absolute atomic E-state index is 0. The molecule has 7 nitrogen and oxygen atoms in total. The van der Waals surface area contributed by atoms with Gasteiger partial charge in [-0.2, -0.15) is 0 Å². The van der Waals surface area contributed by atoms with Gasteiger partial charge in [0.25, 0.3) is 0 Å². The highest BCUT2D eigenvalue weighted by Gasteiger charge is 2.27. The summed E-state index contributed by atoms with van der Waals surface area (Å²) in [6, 6.07) is 4.23. The molecule has 0 aromatic carbocycles. The highest BCUT2D eigenvalue weighted by atomic mass is 127. The first-order chi connectivity index (χ1) is 13.2. The number of likely N-dealkylation sites (tertiary alicyclic amines) is 2. The number of primary amides is 1. The highest BCUT2D eigenvalue weighted by Crippen LogP contribution is 2.25. The van der Waals surface area contributed by atoms with E-state index in [4.69, 9.17) is 10.2 Å². The van der Waals surface area contributed by atoms with E-state index in [1.54, 1.807) is 6.26 Å². The minimum Gasteiger partial charge on any atom is -0.468 e. The third-order valence-corrected chi connectivity index (χ3v) is 5.68. The van der Waals surface area contributed by atoms with Gasteiger partial charge >= 0.3 is 0 Å². The standard InChI is InChI=1S/C20H33N5O2.HI/c1-22-20(25-11-5-7-16(15-25)13-19(21)26)23-14-17(18-8-6-12-27-18)24-9-3-2-4-10-24;/h6,8,12,16-17H,2-5,7,9-11,13-15H2,1H3,(H2,21,26)(H,22,23);1H. The van der Waals surface area contributed by atoms with Gasteiger partial charge in [0.05, 0.1) is 12.3 Å². The molecule has 8 heteroatoms. The Morgan fingerprint density at radius 1 is 1.32 bits per heavy atom. The van der Waals surface area contributed by atoms with Crippen molar-refractivity contribution >= 4 is 35.8 Å². The molecule has 0 bridgehead atoms. The maximum absolute atomic E-state index is 11.3. The first-order valence-corrected chi connectivity index (χ1v) is 10.2. The molecule has 0 aliphatic carbocycles. The van der Waals surface area contributed by atoms with Crippen molar-refractivity contribution in [1.82, 2.24) is 15.1 Å². The second-order valence-corrected chi connectivity index (χ2v) is 7.68. The van der Waals surface area contributed by atoms with E-state index in [9.17, 15) is 4.79 Å². The quantitative estimate of drug-likeness (QED) is 0.354. The molecule has 158 valence electrons. The lowest BCUT2D eigenvalue weighted by Gasteiger charge is -2.37. The minimum atomic E-state index is -0.215. The Kier molecular flexibility index (Phi) is 9.57. The lowest BCUT2D eigenvalue weighted by Crippen LogP contribution is -2.49. The maximum Gasteiger partial charge on any atom is 0.217 e. The summed E-state index contributed by atoms with van der Waals surface area (Å²) in [4.78, 5) is 20.5. The van der Waals surface area contributed by atoms with Gasteiger partial charge in [-0.05, 0) is 56.8 Å². The van der Waals surface area contributed by atoms with E-state index in [0.717, 1.165) is 57.3 Å². The number of hydrogen-bond donors (Lipinski definition) is 2. The van der Waals surface area contributed by atoms with Crippen molar-refractivity contribution in [3.63, 3.8) is 0 Å². The molecule has 2 saturated heterocycles. The van der Waals surface area contributed by atoms with Crippen LogP contribution in [0.2, 0.25) is 0 Å². The zero-order valence-corrected chi connectivity index (χ0v) is 19.1. The number of nitrogens with one attached hydrogen (secondary N) is 1. The summed E-state index contributed by atoms with van der Waals surface area (Å²) in [6.45, 7) is 4.77. The van der Waals surface area contributed by atoms with Crippen molar-refractivity contribution in [2.75, 3.05) is 39.8 Å². The molecule has 1 aromatic rings. The van der Waals surface area contributed by atoms with Gasteiger partial charge < -0.3 is 20.4 Å². The summed E-state index contributed by atoms with van der Waals surface area (Å²) in [5.41, 5.74) is 5.39. The molecule has 0 spiro atoms. The number of nitrogens with zero attached hydrogens (tertiary/aromatic N) is 3. The van der Waals surface area contributed by atoms with Gasteiger partial charge in [0.15, 0.2) is 5.96 Å². The van der Waals surface area contributed by atoms with Crippen LogP contribution in [0.1, 0.15) is 50.3 Å². The van der Waals surface area contributed by atoms with Crippen molar-refractivity contribution in [2.45, 2.75) is 44.6 Å². The van der Waals surface area contributed by atoms with Crippen LogP contribution in [0.3, 0.4) is 0 Å². The summed E-state index contributed by atoms with van der Waals surface area (Å²) in [7, 11) is 1.82. The van der Waals surface area contributed by atoms with Crippen LogP contribution in [0.5, 0.6) is 0 Å². The number of aliphatic imine (C=N–C) groups is 1. The van der Waals surface area contributed by atoms with Crippen LogP contribution >= 0.6 is 24.0 Å². The number of nitrogens with two attached hydrogens (primary N) is 1. The van der Waals surface area contributed by atoms with E-state index in [0.29, 0.717) is 12.3 Å². The molecular formula is C20H34IN5O2. The smallest absolute Gasteiger partial charge is 0.217 e. The Labute approximate surface area is 185 Å². The fourth-order valence-corrected chi connectivity index (χ4v) is 4.35. The Hall–Kier alpha value is -1.29. The molecule has 3 rings (SSSR count). The number of amides is 1. The van der Waals surface area contributed by atoms with E-state index in [2.05, 4.69) is 26.2 Å². The first-order valence-electron chi connectivity index (χ1n) is 10.2. The number of carbonyl (C=O) groups is 1. The molecule has 0 radical (unpaired) electrons. The number of piperidine rings is 2. The van der Waals surface area contributed by atoms with Crippen LogP contribution in [-0.2, 0) is 4.79 Å². The fourth-order valence-electron chi connectivity index (χ4n) is 4.35. The molecule has 2 unspecified atom stereocenters. The molecule has 1 amide bonds. The van der Waals surface area contributed by atoms with E-state index in [1.165, 1.54) is 19.3 Å². The predicted octanol–water partition coefficient (Wildman–Crippen LogP) is 2.59. The molecule has 2 aliphatic heterocycles. The largest absolute Gasteiger partial charge is 0.468 e. The summed E-state index contributed by atoms with van der Waals surface area (Å²) < 4.78 is 5.73. The molecule has 0 saturated carbocycles. The normalized spacial score (nSPS) is 22.4. The molecule has 2 fully saturated rings. The first kappa shape index (κ1) is 23.0. The summed E-state index contributed by atoms with van der Waals surface area (Å²) in [5, 5.41) is 3.56. The van der Waals surface area contributed by atoms with Crippen molar-refractivity contribution in [1.29, 1.82) is 0 Å². The van der Waals surface area contributed by atoms with Gasteiger partial charge in [-0.15, -0.1) is 24.0 Å². The van der Waals surface area contributed by atoms with Crippen LogP contribution in [0.25, 0.3) is 0 Å². The second-order valence-electron chi connectivity index (χ2n) is 7.68. The monoisotopic (exact) mass is 503 g/mol. The average Bonchev–Trinajstić information content (AvgIpc) is 3.20. The Morgan fingerprint density at radius 2 is 2.11 bits per heavy atom. The fraction of sp³-hybridized carbons (Fsp3) is 0.700. The van der Waals surface area contributed by atoms with Crippen molar-refractivity contribution < 1.29 is 9.21 Å². The average molecular weight is 503 g/mol. The molecule has 28 heavy (non-hydrogen) atoms. The summed E-state index contributed by atoms with van der Waals surface area (Å²) in [5.74, 6) is 2.01. The second kappa shape index (κ2) is 11.6. The Morgan fingerprint density at radius 3 is 2.75 bits per heavy atom. The van der Waals surface area contributed by atoms with Gasteiger partial charge in [0.1, 0.15) is 5.76 Å². The number of carbonyl (C=O) groups excluding carboxylic acids is 1. The van der Waals surface area contributed by atoms with Crippen LogP contribution in [0.4, 0.5) is 0 Å². The molecule has 3 heterocycles. The summed E-state index contributed by atoms with van der Waals surface area (Å²) >= 11 is 0. The van der Waals surface area contributed by atoms with Crippen LogP contribution in [-0.4, -0.2) is 61.4 Å². The number of halogens is 1. The number of rotatable bonds is 6. The SMILES string of the molecule is CN=C(NCC(c1ccco1)N1CCCCC1)N1CCCC(CC(N)=O)C1.I. The molecule has 2 atom stereocenters. The topological polar surface area (TPSA) is 87.1 Å². The van der Waals surface area contributed by atoms with E-state index in [1.807, 2.05) is 13.1 Å². The lowest BCUT2D eigenvalue weighted by atomic mass is 9.95. The molecule has 3 N–H and O–H groups in total. The Balaban J connectivity index is 0.00000280. The van der Waals surface area contributed by atoms with Crippen molar-refractivity contribution in [3.8, 4) is 0 Å². The van der Waals surface area contributed by atoms with Crippen LogP contribution in [0.15, 0.2) is 27.8 Å². The lowest BCUT2D eigenvalue weighted by molar-refractivity contribution is -0.119. The van der Waals surface area contributed by atoms with Crippen molar-refractivity contribution in [2.24, 2.45) is 16.6 Å². The number of guanidine groups is 1. The third kappa shape index (κ3) is 6.37. The summed E-state index contributed by atoms with van der Waals surface area (Å²) in [6.07, 6.45) is 8.12. The van der Waals surface area contributed by atoms with Crippen LogP contribution < -0.4 is 11.1 Å². The Bertz CT molecular complexity index is 616. The van der Waals surface area contributed by atoms with Gasteiger partial charge in [-0.3, -0.25) is 14.7 Å². The third-order valence-electron chi connectivity index (χ3n) is 5.68. The van der Waals surface area contributed by atoms with Crippen LogP contribution in [0, 0.1) is 5.92 Å². The highest BCUT2D eigenvalue weighted by molar-refractivity contribution is 14.0. The number of furan rings is 1. The molecule has 1 aromatic heterocycles. The van der Waals surface area contributed by atoms with E-state index in [-0.39, 0.29) is 35.9 Å². The zero-order valence-electron chi connectivity index (χ0n) is 16.8. The van der Waals surface area contributed by atoms with E-state index >= 15 is 0 Å². The molecular weight excluding hydrogens is 469 g/mol. The predicted molar refractivity (Wildman–Crippen MR) is 122 cm³/mol. The van der Waals surface area contributed by atoms with Gasteiger partial charge in [-0.25, -0.2) is 0 Å². The number of hydrogen-bond acceptors (Lipinski definition) is 4. The van der Waals surface area contributed by atoms with Gasteiger partial charge in [-0.1, -0.05) is 6.42 Å². The van der Waals surface area contributed by atoms with Gasteiger partial charge in [0.2, 0.25) is 5.91 Å². The van der Waals surface area contributed by atoms with Gasteiger partial charge in [0, 0.05) is 33.1 Å². The zero-order chi connectivity index (χ0) is 19.1. The molecule has 2 aliphatic rings. The van der Waals surface area contributed by atoms with E-state index < -0.39 is 0 Å². The maximum atomic E-state index is 11.3. The van der Waals surface area contributed by atoms with Crippen molar-refractivity contribution in [3.05, 3.63) is 24.2 Å².